The van der Waals surface area contributed by atoms with Crippen LogP contribution < -0.4 is 4.74 Å². The van der Waals surface area contributed by atoms with Crippen LogP contribution in [0.3, 0.4) is 0 Å². The molecular weight excluding hydrogens is 288 g/mol. The fourth-order valence-electron chi connectivity index (χ4n) is 2.62. The van der Waals surface area contributed by atoms with Gasteiger partial charge in [-0.15, -0.1) is 0 Å². The van der Waals surface area contributed by atoms with E-state index in [-0.39, 0.29) is 0 Å². The maximum atomic E-state index is 12.6. The van der Waals surface area contributed by atoms with E-state index < -0.39 is 10.2 Å². The zero-order valence-corrected chi connectivity index (χ0v) is 13.8. The number of ether oxygens (including phenoxy) is 1. The number of benzene rings is 1. The summed E-state index contributed by atoms with van der Waals surface area (Å²) in [6.07, 6.45) is 2.05. The first-order chi connectivity index (χ1) is 9.93. The smallest absolute Gasteiger partial charge is 0.282 e. The number of nitrogens with zero attached hydrogens (tertiary/aromatic N) is 2. The number of piperidine rings is 1. The fraction of sp³-hybridized carbons (Fsp3) is 0.600. The van der Waals surface area contributed by atoms with Crippen LogP contribution in [-0.4, -0.2) is 44.3 Å². The molecule has 5 nitrogen and oxygen atoms in total. The third-order valence-electron chi connectivity index (χ3n) is 3.90. The molecule has 1 fully saturated rings. The monoisotopic (exact) mass is 312 g/mol. The van der Waals surface area contributed by atoms with Crippen LogP contribution in [0.25, 0.3) is 0 Å². The van der Waals surface area contributed by atoms with Crippen molar-refractivity contribution in [2.45, 2.75) is 26.3 Å². The van der Waals surface area contributed by atoms with E-state index in [1.54, 1.807) is 18.5 Å². The van der Waals surface area contributed by atoms with Crippen LogP contribution in [0, 0.1) is 5.92 Å². The molecule has 21 heavy (non-hydrogen) atoms. The number of rotatable bonds is 5. The van der Waals surface area contributed by atoms with Crippen molar-refractivity contribution in [1.29, 1.82) is 0 Å². The number of hydrogen-bond donors (Lipinski definition) is 0. The first-order valence-electron chi connectivity index (χ1n) is 7.28. The van der Waals surface area contributed by atoms with Crippen LogP contribution in [0.5, 0.6) is 5.75 Å². The second-order valence-electron chi connectivity index (χ2n) is 5.72. The molecule has 6 heteroatoms. The maximum Gasteiger partial charge on any atom is 0.282 e. The van der Waals surface area contributed by atoms with E-state index in [0.717, 1.165) is 24.2 Å². The summed E-state index contributed by atoms with van der Waals surface area (Å²) in [6.45, 7) is 3.72. The topological polar surface area (TPSA) is 49.9 Å². The zero-order chi connectivity index (χ0) is 15.5. The quantitative estimate of drug-likeness (QED) is 0.836. The lowest BCUT2D eigenvalue weighted by atomic mass is 10.0. The lowest BCUT2D eigenvalue weighted by Crippen LogP contribution is -2.45. The first kappa shape index (κ1) is 16.3. The van der Waals surface area contributed by atoms with E-state index in [1.807, 2.05) is 24.3 Å². The Morgan fingerprint density at radius 1 is 1.33 bits per heavy atom. The molecule has 1 heterocycles. The molecule has 0 radical (unpaired) electrons. The molecule has 0 aliphatic carbocycles. The Morgan fingerprint density at radius 2 is 2.00 bits per heavy atom. The standard InChI is InChI=1S/C15H24N2O3S/c1-13-5-4-10-17(11-13)21(18,19)16(2)12-14-6-8-15(20-3)9-7-14/h6-9,13H,4-5,10-12H2,1-3H3. The van der Waals surface area contributed by atoms with Crippen LogP contribution in [0.2, 0.25) is 0 Å². The van der Waals surface area contributed by atoms with Gasteiger partial charge in [-0.2, -0.15) is 17.0 Å². The molecule has 1 aromatic carbocycles. The van der Waals surface area contributed by atoms with Gasteiger partial charge in [0.1, 0.15) is 5.75 Å². The van der Waals surface area contributed by atoms with E-state index in [4.69, 9.17) is 4.74 Å². The van der Waals surface area contributed by atoms with Crippen LogP contribution in [0.4, 0.5) is 0 Å². The minimum atomic E-state index is -3.37. The molecule has 1 saturated heterocycles. The van der Waals surface area contributed by atoms with Crippen LogP contribution in [0.1, 0.15) is 25.3 Å². The predicted molar refractivity (Wildman–Crippen MR) is 83.4 cm³/mol. The predicted octanol–water partition coefficient (Wildman–Crippen LogP) is 2.10. The summed E-state index contributed by atoms with van der Waals surface area (Å²) in [7, 11) is -0.121. The van der Waals surface area contributed by atoms with Crippen molar-refractivity contribution < 1.29 is 13.2 Å². The summed E-state index contributed by atoms with van der Waals surface area (Å²) in [5.74, 6) is 1.21. The van der Waals surface area contributed by atoms with Gasteiger partial charge in [0.05, 0.1) is 7.11 Å². The van der Waals surface area contributed by atoms with Crippen LogP contribution in [-0.2, 0) is 16.8 Å². The van der Waals surface area contributed by atoms with Crippen LogP contribution >= 0.6 is 0 Å². The van der Waals surface area contributed by atoms with Gasteiger partial charge in [-0.25, -0.2) is 0 Å². The van der Waals surface area contributed by atoms with Gasteiger partial charge in [0, 0.05) is 26.7 Å². The Balaban J connectivity index is 2.05. The highest BCUT2D eigenvalue weighted by atomic mass is 32.2. The van der Waals surface area contributed by atoms with Crippen molar-refractivity contribution in [3.8, 4) is 5.75 Å². The second kappa shape index (κ2) is 6.77. The highest BCUT2D eigenvalue weighted by molar-refractivity contribution is 7.86. The minimum Gasteiger partial charge on any atom is -0.497 e. The molecule has 0 aromatic heterocycles. The van der Waals surface area contributed by atoms with Gasteiger partial charge in [0.15, 0.2) is 0 Å². The van der Waals surface area contributed by atoms with Crippen molar-refractivity contribution in [3.63, 3.8) is 0 Å². The lowest BCUT2D eigenvalue weighted by Gasteiger charge is -2.33. The molecule has 2 rings (SSSR count). The first-order valence-corrected chi connectivity index (χ1v) is 8.67. The molecule has 0 saturated carbocycles. The number of methoxy groups -OCH3 is 1. The fourth-order valence-corrected chi connectivity index (χ4v) is 4.13. The summed E-state index contributed by atoms with van der Waals surface area (Å²) in [4.78, 5) is 0. The molecule has 1 unspecified atom stereocenters. The average Bonchev–Trinajstić information content (AvgIpc) is 2.48. The summed E-state index contributed by atoms with van der Waals surface area (Å²) < 4.78 is 33.3. The largest absolute Gasteiger partial charge is 0.497 e. The van der Waals surface area contributed by atoms with E-state index in [9.17, 15) is 8.42 Å². The van der Waals surface area contributed by atoms with Crippen molar-refractivity contribution >= 4 is 10.2 Å². The summed E-state index contributed by atoms with van der Waals surface area (Å²) in [5.41, 5.74) is 0.951. The second-order valence-corrected chi connectivity index (χ2v) is 7.75. The molecule has 0 spiro atoms. The third-order valence-corrected chi connectivity index (χ3v) is 5.81. The Morgan fingerprint density at radius 3 is 2.57 bits per heavy atom. The minimum absolute atomic E-state index is 0.372. The summed E-state index contributed by atoms with van der Waals surface area (Å²) in [6, 6.07) is 7.48. The lowest BCUT2D eigenvalue weighted by molar-refractivity contribution is 0.263. The van der Waals surface area contributed by atoms with Gasteiger partial charge in [0.25, 0.3) is 10.2 Å². The SMILES string of the molecule is COc1ccc(CN(C)S(=O)(=O)N2CCCC(C)C2)cc1. The Kier molecular flexibility index (Phi) is 5.24. The zero-order valence-electron chi connectivity index (χ0n) is 12.9. The van der Waals surface area contributed by atoms with Gasteiger partial charge in [-0.3, -0.25) is 0 Å². The van der Waals surface area contributed by atoms with E-state index in [0.29, 0.717) is 25.6 Å². The summed E-state index contributed by atoms with van der Waals surface area (Å²) >= 11 is 0. The van der Waals surface area contributed by atoms with Crippen LogP contribution in [0.15, 0.2) is 24.3 Å². The highest BCUT2D eigenvalue weighted by Crippen LogP contribution is 2.21. The highest BCUT2D eigenvalue weighted by Gasteiger charge is 2.30. The molecule has 1 aromatic rings. The molecule has 1 aliphatic rings. The summed E-state index contributed by atoms with van der Waals surface area (Å²) in [5, 5.41) is 0. The van der Waals surface area contributed by atoms with Gasteiger partial charge in [-0.1, -0.05) is 19.1 Å². The molecule has 0 N–H and O–H groups in total. The van der Waals surface area contributed by atoms with Gasteiger partial charge >= 0.3 is 0 Å². The van der Waals surface area contributed by atoms with Gasteiger partial charge in [-0.05, 0) is 36.5 Å². The van der Waals surface area contributed by atoms with Gasteiger partial charge < -0.3 is 4.74 Å². The van der Waals surface area contributed by atoms with E-state index in [2.05, 4.69) is 6.92 Å². The van der Waals surface area contributed by atoms with E-state index >= 15 is 0 Å². The number of hydrogen-bond acceptors (Lipinski definition) is 3. The molecule has 1 aliphatic heterocycles. The molecule has 0 bridgehead atoms. The van der Waals surface area contributed by atoms with Gasteiger partial charge in [0.2, 0.25) is 0 Å². The molecule has 1 atom stereocenters. The average molecular weight is 312 g/mol. The normalized spacial score (nSPS) is 20.7. The Labute approximate surface area is 127 Å². The van der Waals surface area contributed by atoms with E-state index in [1.165, 1.54) is 4.31 Å². The Bertz CT molecular complexity index is 557. The Hall–Kier alpha value is -1.11. The van der Waals surface area contributed by atoms with Crippen molar-refractivity contribution in [2.24, 2.45) is 5.92 Å². The van der Waals surface area contributed by atoms with Crippen molar-refractivity contribution in [1.82, 2.24) is 8.61 Å². The molecular formula is C15H24N2O3S. The maximum absolute atomic E-state index is 12.6. The molecule has 0 amide bonds. The third kappa shape index (κ3) is 3.96. The van der Waals surface area contributed by atoms with Crippen molar-refractivity contribution in [3.05, 3.63) is 29.8 Å². The van der Waals surface area contributed by atoms with Crippen molar-refractivity contribution in [2.75, 3.05) is 27.2 Å². The molecule has 118 valence electrons.